The van der Waals surface area contributed by atoms with Gasteiger partial charge >= 0.3 is 0 Å². The summed E-state index contributed by atoms with van der Waals surface area (Å²) in [5.41, 5.74) is 3.04. The number of benzene rings is 1. The summed E-state index contributed by atoms with van der Waals surface area (Å²) in [6.07, 6.45) is 6.44. The molecule has 3 aromatic rings. The summed E-state index contributed by atoms with van der Waals surface area (Å²) in [4.78, 5) is 2.53. The number of H-pyrrole nitrogens is 1. The lowest BCUT2D eigenvalue weighted by atomic mass is 9.91. The van der Waals surface area contributed by atoms with E-state index in [0.717, 1.165) is 17.2 Å². The van der Waals surface area contributed by atoms with Crippen molar-refractivity contribution < 1.29 is 5.11 Å². The summed E-state index contributed by atoms with van der Waals surface area (Å²) in [7, 11) is 0. The second kappa shape index (κ2) is 6.85. The molecule has 2 N–H and O–H groups in total. The van der Waals surface area contributed by atoms with E-state index < -0.39 is 0 Å². The highest BCUT2D eigenvalue weighted by Crippen LogP contribution is 2.32. The van der Waals surface area contributed by atoms with Gasteiger partial charge in [-0.2, -0.15) is 5.10 Å². The number of piperidine rings is 1. The lowest BCUT2D eigenvalue weighted by Crippen LogP contribution is -2.57. The van der Waals surface area contributed by atoms with E-state index in [4.69, 9.17) is 0 Å². The fraction of sp³-hybridized carbons (Fsp3) is 0.278. The van der Waals surface area contributed by atoms with Gasteiger partial charge in [0.05, 0.1) is 11.9 Å². The molecule has 0 atom stereocenters. The van der Waals surface area contributed by atoms with E-state index in [9.17, 15) is 5.11 Å². The van der Waals surface area contributed by atoms with Crippen LogP contribution in [-0.4, -0.2) is 49.5 Å². The van der Waals surface area contributed by atoms with Crippen LogP contribution in [0.1, 0.15) is 12.8 Å². The SMILES string of the molecule is C1CN2CCC12.Oc1cc(-c2cn[nH]c2)ccc1-c1ccc(S)nn1. The van der Waals surface area contributed by atoms with Gasteiger partial charge in [0.2, 0.25) is 0 Å². The molecular formula is C18H19N5OS. The maximum absolute atomic E-state index is 10.1. The summed E-state index contributed by atoms with van der Waals surface area (Å²) in [5, 5.41) is 25.1. The molecule has 2 aliphatic rings. The van der Waals surface area contributed by atoms with E-state index in [0.29, 0.717) is 16.3 Å². The average molecular weight is 353 g/mol. The van der Waals surface area contributed by atoms with Gasteiger partial charge in [-0.15, -0.1) is 22.8 Å². The molecule has 7 heteroatoms. The van der Waals surface area contributed by atoms with E-state index in [1.165, 1.54) is 25.9 Å². The van der Waals surface area contributed by atoms with Crippen LogP contribution < -0.4 is 0 Å². The van der Waals surface area contributed by atoms with Crippen LogP contribution in [0.3, 0.4) is 0 Å². The zero-order chi connectivity index (χ0) is 17.2. The quantitative estimate of drug-likeness (QED) is 0.617. The van der Waals surface area contributed by atoms with Crippen molar-refractivity contribution in [2.45, 2.75) is 23.9 Å². The van der Waals surface area contributed by atoms with Crippen molar-refractivity contribution in [1.29, 1.82) is 0 Å². The molecule has 2 fully saturated rings. The highest BCUT2D eigenvalue weighted by molar-refractivity contribution is 7.80. The molecular weight excluding hydrogens is 334 g/mol. The van der Waals surface area contributed by atoms with Crippen molar-refractivity contribution in [1.82, 2.24) is 25.3 Å². The first-order chi connectivity index (χ1) is 12.2. The van der Waals surface area contributed by atoms with Crippen molar-refractivity contribution in [3.63, 3.8) is 0 Å². The van der Waals surface area contributed by atoms with Crippen LogP contribution in [0, 0.1) is 0 Å². The van der Waals surface area contributed by atoms with Crippen molar-refractivity contribution in [2.75, 3.05) is 13.1 Å². The summed E-state index contributed by atoms with van der Waals surface area (Å²) < 4.78 is 0. The smallest absolute Gasteiger partial charge is 0.125 e. The fourth-order valence-corrected chi connectivity index (χ4v) is 3.17. The Hall–Kier alpha value is -2.38. The normalized spacial score (nSPS) is 16.2. The number of aromatic amines is 1. The molecule has 4 heterocycles. The lowest BCUT2D eigenvalue weighted by molar-refractivity contribution is -0.00222. The Labute approximate surface area is 151 Å². The van der Waals surface area contributed by atoms with Gasteiger partial charge in [-0.05, 0) is 55.8 Å². The third-order valence-electron chi connectivity index (χ3n) is 4.77. The number of aromatic hydroxyl groups is 1. The van der Waals surface area contributed by atoms with Gasteiger partial charge in [-0.25, -0.2) is 0 Å². The van der Waals surface area contributed by atoms with Crippen LogP contribution in [0.15, 0.2) is 47.8 Å². The first-order valence-corrected chi connectivity index (χ1v) is 8.75. The van der Waals surface area contributed by atoms with Crippen LogP contribution >= 0.6 is 12.6 Å². The monoisotopic (exact) mass is 353 g/mol. The van der Waals surface area contributed by atoms with E-state index in [2.05, 4.69) is 37.9 Å². The number of aromatic nitrogens is 4. The molecule has 0 radical (unpaired) electrons. The standard InChI is InChI=1S/C13H10N4OS.C5H9N/c18-12-5-8(9-6-14-15-7-9)1-2-10(12)11-3-4-13(19)17-16-11;1-3-6-4-2-5(1)6/h1-7,18H,(H,14,15)(H,17,19);5H,1-4H2. The molecule has 2 saturated heterocycles. The molecule has 0 amide bonds. The maximum Gasteiger partial charge on any atom is 0.125 e. The molecule has 0 unspecified atom stereocenters. The second-order valence-electron chi connectivity index (χ2n) is 6.26. The Morgan fingerprint density at radius 1 is 1.08 bits per heavy atom. The molecule has 1 aromatic carbocycles. The van der Waals surface area contributed by atoms with E-state index in [-0.39, 0.29) is 5.75 Å². The molecule has 25 heavy (non-hydrogen) atoms. The lowest BCUT2D eigenvalue weighted by Gasteiger charge is -2.50. The van der Waals surface area contributed by atoms with Crippen LogP contribution in [0.5, 0.6) is 5.75 Å². The van der Waals surface area contributed by atoms with Crippen molar-refractivity contribution >= 4 is 12.6 Å². The van der Waals surface area contributed by atoms with Gasteiger partial charge in [0.1, 0.15) is 10.8 Å². The topological polar surface area (TPSA) is 77.9 Å². The third-order valence-corrected chi connectivity index (χ3v) is 5.01. The number of hydrogen-bond donors (Lipinski definition) is 3. The molecule has 5 rings (SSSR count). The largest absolute Gasteiger partial charge is 0.507 e. The Morgan fingerprint density at radius 2 is 1.88 bits per heavy atom. The molecule has 0 bridgehead atoms. The number of rotatable bonds is 2. The zero-order valence-corrected chi connectivity index (χ0v) is 14.5. The van der Waals surface area contributed by atoms with Crippen LogP contribution in [0.25, 0.3) is 22.4 Å². The molecule has 2 aliphatic heterocycles. The number of fused-ring (bicyclic) bond motifs is 1. The number of hydrogen-bond acceptors (Lipinski definition) is 6. The first kappa shape index (κ1) is 16.1. The Morgan fingerprint density at radius 3 is 2.36 bits per heavy atom. The number of phenols is 1. The fourth-order valence-electron chi connectivity index (χ4n) is 3.05. The molecule has 0 saturated carbocycles. The molecule has 0 spiro atoms. The summed E-state index contributed by atoms with van der Waals surface area (Å²) in [5.74, 6) is 0.153. The van der Waals surface area contributed by atoms with Gasteiger partial charge in [0, 0.05) is 23.4 Å². The minimum atomic E-state index is 0.153. The highest BCUT2D eigenvalue weighted by Gasteiger charge is 2.34. The predicted molar refractivity (Wildman–Crippen MR) is 98.6 cm³/mol. The average Bonchev–Trinajstić information content (AvgIpc) is 3.14. The van der Waals surface area contributed by atoms with Gasteiger partial charge in [-0.3, -0.25) is 5.10 Å². The summed E-state index contributed by atoms with van der Waals surface area (Å²) in [6, 6.07) is 9.92. The Balaban J connectivity index is 0.000000217. The van der Waals surface area contributed by atoms with Gasteiger partial charge in [0.15, 0.2) is 0 Å². The number of nitrogens with one attached hydrogen (secondary N) is 1. The van der Waals surface area contributed by atoms with Crippen LogP contribution in [0.2, 0.25) is 0 Å². The predicted octanol–water partition coefficient (Wildman–Crippen LogP) is 2.99. The van der Waals surface area contributed by atoms with Crippen LogP contribution in [-0.2, 0) is 0 Å². The molecule has 6 nitrogen and oxygen atoms in total. The molecule has 2 aromatic heterocycles. The third kappa shape index (κ3) is 3.38. The van der Waals surface area contributed by atoms with E-state index in [1.54, 1.807) is 36.7 Å². The number of nitrogens with zero attached hydrogens (tertiary/aromatic N) is 4. The van der Waals surface area contributed by atoms with Crippen LogP contribution in [0.4, 0.5) is 0 Å². The maximum atomic E-state index is 10.1. The highest BCUT2D eigenvalue weighted by atomic mass is 32.1. The minimum Gasteiger partial charge on any atom is -0.507 e. The van der Waals surface area contributed by atoms with Crippen molar-refractivity contribution in [2.24, 2.45) is 0 Å². The number of thiol groups is 1. The van der Waals surface area contributed by atoms with E-state index >= 15 is 0 Å². The van der Waals surface area contributed by atoms with Crippen molar-refractivity contribution in [3.05, 3.63) is 42.7 Å². The van der Waals surface area contributed by atoms with Gasteiger partial charge < -0.3 is 10.0 Å². The molecule has 128 valence electrons. The summed E-state index contributed by atoms with van der Waals surface area (Å²) in [6.45, 7) is 2.79. The Kier molecular flexibility index (Phi) is 4.42. The van der Waals surface area contributed by atoms with Gasteiger partial charge in [0.25, 0.3) is 0 Å². The summed E-state index contributed by atoms with van der Waals surface area (Å²) >= 11 is 4.08. The second-order valence-corrected chi connectivity index (χ2v) is 6.72. The number of phenolic OH excluding ortho intramolecular Hbond substituents is 1. The zero-order valence-electron chi connectivity index (χ0n) is 13.6. The first-order valence-electron chi connectivity index (χ1n) is 8.30. The van der Waals surface area contributed by atoms with E-state index in [1.807, 2.05) is 6.07 Å². The minimum absolute atomic E-state index is 0.153. The Bertz CT molecular complexity index is 832. The van der Waals surface area contributed by atoms with Crippen molar-refractivity contribution in [3.8, 4) is 28.1 Å². The van der Waals surface area contributed by atoms with Gasteiger partial charge in [-0.1, -0.05) is 6.07 Å². The molecule has 0 aliphatic carbocycles.